The third-order valence-electron chi connectivity index (χ3n) is 2.89. The van der Waals surface area contributed by atoms with Gasteiger partial charge in [-0.3, -0.25) is 4.98 Å². The van der Waals surface area contributed by atoms with Crippen molar-refractivity contribution in [3.05, 3.63) is 53.2 Å². The number of pyridine rings is 1. The summed E-state index contributed by atoms with van der Waals surface area (Å²) < 4.78 is 76.5. The Kier molecular flexibility index (Phi) is 4.15. The summed E-state index contributed by atoms with van der Waals surface area (Å²) >= 11 is 0. The summed E-state index contributed by atoms with van der Waals surface area (Å²) in [5.74, 6) is 0. The minimum Gasteiger partial charge on any atom is -0.392 e. The molecule has 0 spiro atoms. The SMILES string of the molecule is OCc1ccc(-c2cc(C(F)(F)F)cc(C(F)(F)F)c2)nc1. The first-order valence-corrected chi connectivity index (χ1v) is 5.97. The van der Waals surface area contributed by atoms with Crippen LogP contribution >= 0.6 is 0 Å². The van der Waals surface area contributed by atoms with Crippen LogP contribution in [0.25, 0.3) is 11.3 Å². The lowest BCUT2D eigenvalue weighted by Gasteiger charge is -2.14. The van der Waals surface area contributed by atoms with Gasteiger partial charge in [0.15, 0.2) is 0 Å². The molecule has 0 radical (unpaired) electrons. The van der Waals surface area contributed by atoms with Crippen LogP contribution in [-0.2, 0) is 19.0 Å². The second-order valence-electron chi connectivity index (χ2n) is 4.50. The van der Waals surface area contributed by atoms with Crippen LogP contribution in [0.1, 0.15) is 16.7 Å². The standard InChI is InChI=1S/C14H9F6NO/c15-13(16,17)10-3-9(4-11(5-10)14(18,19)20)12-2-1-8(7-22)6-21-12/h1-6,22H,7H2. The van der Waals surface area contributed by atoms with E-state index in [0.717, 1.165) is 0 Å². The quantitative estimate of drug-likeness (QED) is 0.838. The third kappa shape index (κ3) is 3.56. The van der Waals surface area contributed by atoms with Gasteiger partial charge in [0.05, 0.1) is 23.4 Å². The molecule has 2 rings (SSSR count). The molecule has 2 nitrogen and oxygen atoms in total. The van der Waals surface area contributed by atoms with E-state index in [0.29, 0.717) is 17.7 Å². The third-order valence-corrected chi connectivity index (χ3v) is 2.89. The minimum atomic E-state index is -4.90. The Bertz CT molecular complexity index is 628. The predicted octanol–water partition coefficient (Wildman–Crippen LogP) is 4.28. The van der Waals surface area contributed by atoms with E-state index in [4.69, 9.17) is 5.11 Å². The Morgan fingerprint density at radius 2 is 1.41 bits per heavy atom. The molecule has 0 aliphatic rings. The zero-order valence-electron chi connectivity index (χ0n) is 10.8. The monoisotopic (exact) mass is 321 g/mol. The molecule has 0 unspecified atom stereocenters. The number of benzene rings is 1. The van der Waals surface area contributed by atoms with E-state index in [1.807, 2.05) is 0 Å². The van der Waals surface area contributed by atoms with Crippen molar-refractivity contribution in [3.8, 4) is 11.3 Å². The summed E-state index contributed by atoms with van der Waals surface area (Å²) in [4.78, 5) is 3.77. The number of hydrogen-bond donors (Lipinski definition) is 1. The summed E-state index contributed by atoms with van der Waals surface area (Å²) in [6.07, 6.45) is -8.62. The van der Waals surface area contributed by atoms with Crippen LogP contribution in [0.15, 0.2) is 36.5 Å². The molecular weight excluding hydrogens is 312 g/mol. The fraction of sp³-hybridized carbons (Fsp3) is 0.214. The number of aliphatic hydroxyl groups is 1. The fourth-order valence-corrected chi connectivity index (χ4v) is 1.79. The van der Waals surface area contributed by atoms with E-state index >= 15 is 0 Å². The second kappa shape index (κ2) is 5.60. The van der Waals surface area contributed by atoms with Gasteiger partial charge in [-0.15, -0.1) is 0 Å². The topological polar surface area (TPSA) is 33.1 Å². The molecular formula is C14H9F6NO. The van der Waals surface area contributed by atoms with Gasteiger partial charge in [0.1, 0.15) is 0 Å². The molecule has 0 atom stereocenters. The second-order valence-corrected chi connectivity index (χ2v) is 4.50. The Morgan fingerprint density at radius 1 is 0.864 bits per heavy atom. The van der Waals surface area contributed by atoms with Crippen LogP contribution in [-0.4, -0.2) is 10.1 Å². The molecule has 1 aromatic carbocycles. The molecule has 22 heavy (non-hydrogen) atoms. The molecule has 0 saturated heterocycles. The van der Waals surface area contributed by atoms with Crippen LogP contribution in [0.4, 0.5) is 26.3 Å². The van der Waals surface area contributed by atoms with Gasteiger partial charge in [-0.25, -0.2) is 0 Å². The van der Waals surface area contributed by atoms with Gasteiger partial charge in [-0.2, -0.15) is 26.3 Å². The summed E-state index contributed by atoms with van der Waals surface area (Å²) in [6, 6.07) is 3.90. The first-order valence-electron chi connectivity index (χ1n) is 5.97. The Morgan fingerprint density at radius 3 is 1.77 bits per heavy atom. The van der Waals surface area contributed by atoms with Crippen LogP contribution in [0, 0.1) is 0 Å². The molecule has 0 aliphatic carbocycles. The lowest BCUT2D eigenvalue weighted by atomic mass is 10.0. The number of rotatable bonds is 2. The summed E-state index contributed by atoms with van der Waals surface area (Å²) in [7, 11) is 0. The molecule has 0 aliphatic heterocycles. The average Bonchev–Trinajstić information content (AvgIpc) is 2.45. The van der Waals surface area contributed by atoms with E-state index in [1.54, 1.807) is 0 Å². The average molecular weight is 321 g/mol. The number of nitrogens with zero attached hydrogens (tertiary/aromatic N) is 1. The molecule has 1 heterocycles. The zero-order valence-corrected chi connectivity index (χ0v) is 10.8. The van der Waals surface area contributed by atoms with Crippen molar-refractivity contribution in [1.82, 2.24) is 4.98 Å². The van der Waals surface area contributed by atoms with E-state index < -0.39 is 23.5 Å². The molecule has 1 N–H and O–H groups in total. The maximum atomic E-state index is 12.7. The summed E-state index contributed by atoms with van der Waals surface area (Å²) in [5, 5.41) is 8.86. The largest absolute Gasteiger partial charge is 0.416 e. The molecule has 8 heteroatoms. The van der Waals surface area contributed by atoms with Gasteiger partial charge < -0.3 is 5.11 Å². The van der Waals surface area contributed by atoms with Crippen molar-refractivity contribution < 1.29 is 31.4 Å². The molecule has 2 aromatic rings. The number of aliphatic hydroxyl groups excluding tert-OH is 1. The van der Waals surface area contributed by atoms with E-state index in [2.05, 4.69) is 4.98 Å². The predicted molar refractivity (Wildman–Crippen MR) is 65.6 cm³/mol. The van der Waals surface area contributed by atoms with Crippen molar-refractivity contribution in [2.45, 2.75) is 19.0 Å². The van der Waals surface area contributed by atoms with E-state index in [-0.39, 0.29) is 23.9 Å². The fourth-order valence-electron chi connectivity index (χ4n) is 1.79. The first-order chi connectivity index (χ1) is 10.1. The Balaban J connectivity index is 2.59. The summed E-state index contributed by atoms with van der Waals surface area (Å²) in [5.41, 5.74) is -2.75. The highest BCUT2D eigenvalue weighted by Crippen LogP contribution is 2.38. The maximum Gasteiger partial charge on any atom is 0.416 e. The molecule has 118 valence electrons. The van der Waals surface area contributed by atoms with Gasteiger partial charge >= 0.3 is 12.4 Å². The Hall–Kier alpha value is -2.09. The van der Waals surface area contributed by atoms with Crippen molar-refractivity contribution in [2.75, 3.05) is 0 Å². The smallest absolute Gasteiger partial charge is 0.392 e. The minimum absolute atomic E-state index is 0.0474. The van der Waals surface area contributed by atoms with Crippen molar-refractivity contribution >= 4 is 0 Å². The number of aromatic nitrogens is 1. The molecule has 0 saturated carbocycles. The highest BCUT2D eigenvalue weighted by atomic mass is 19.4. The maximum absolute atomic E-state index is 12.7. The van der Waals surface area contributed by atoms with E-state index in [9.17, 15) is 26.3 Å². The number of alkyl halides is 6. The highest BCUT2D eigenvalue weighted by Gasteiger charge is 2.37. The number of halogens is 6. The summed E-state index contributed by atoms with van der Waals surface area (Å²) in [6.45, 7) is -0.330. The Labute approximate surface area is 121 Å². The molecule has 0 fully saturated rings. The lowest BCUT2D eigenvalue weighted by molar-refractivity contribution is -0.143. The van der Waals surface area contributed by atoms with Crippen LogP contribution in [0.2, 0.25) is 0 Å². The van der Waals surface area contributed by atoms with Crippen LogP contribution in [0.3, 0.4) is 0 Å². The van der Waals surface area contributed by atoms with Gasteiger partial charge in [-0.05, 0) is 29.8 Å². The van der Waals surface area contributed by atoms with Gasteiger partial charge in [0, 0.05) is 11.8 Å². The zero-order chi connectivity index (χ0) is 16.5. The lowest BCUT2D eigenvalue weighted by Crippen LogP contribution is -2.11. The van der Waals surface area contributed by atoms with Crippen LogP contribution in [0.5, 0.6) is 0 Å². The van der Waals surface area contributed by atoms with Crippen LogP contribution < -0.4 is 0 Å². The molecule has 1 aromatic heterocycles. The van der Waals surface area contributed by atoms with Gasteiger partial charge in [-0.1, -0.05) is 6.07 Å². The number of hydrogen-bond acceptors (Lipinski definition) is 2. The molecule has 0 bridgehead atoms. The van der Waals surface area contributed by atoms with Crippen molar-refractivity contribution in [1.29, 1.82) is 0 Å². The normalized spacial score (nSPS) is 12.5. The molecule has 0 amide bonds. The van der Waals surface area contributed by atoms with Gasteiger partial charge in [0.2, 0.25) is 0 Å². The van der Waals surface area contributed by atoms with Crippen molar-refractivity contribution in [3.63, 3.8) is 0 Å². The van der Waals surface area contributed by atoms with Crippen molar-refractivity contribution in [2.24, 2.45) is 0 Å². The van der Waals surface area contributed by atoms with E-state index in [1.165, 1.54) is 18.3 Å². The first kappa shape index (κ1) is 16.3. The highest BCUT2D eigenvalue weighted by molar-refractivity contribution is 5.62. The van der Waals surface area contributed by atoms with Gasteiger partial charge in [0.25, 0.3) is 0 Å².